The number of halogens is 2. The van der Waals surface area contributed by atoms with Gasteiger partial charge in [-0.2, -0.15) is 0 Å². The summed E-state index contributed by atoms with van der Waals surface area (Å²) in [5, 5.41) is 0.249. The van der Waals surface area contributed by atoms with E-state index >= 15 is 0 Å². The van der Waals surface area contributed by atoms with E-state index < -0.39 is 16.9 Å². The molecule has 0 aliphatic rings. The molecule has 0 aliphatic carbocycles. The van der Waals surface area contributed by atoms with Crippen LogP contribution in [0.2, 0.25) is 5.15 Å². The van der Waals surface area contributed by atoms with Gasteiger partial charge in [-0.1, -0.05) is 11.6 Å². The van der Waals surface area contributed by atoms with Crippen molar-refractivity contribution in [1.29, 1.82) is 0 Å². The van der Waals surface area contributed by atoms with E-state index in [1.165, 1.54) is 37.7 Å². The van der Waals surface area contributed by atoms with Gasteiger partial charge in [0.25, 0.3) is 0 Å². The van der Waals surface area contributed by atoms with Crippen LogP contribution in [0, 0.1) is 5.82 Å². The normalized spacial score (nSPS) is 11.7. The zero-order chi connectivity index (χ0) is 17.3. The molecule has 3 rings (SSSR count). The molecule has 9 heteroatoms. The van der Waals surface area contributed by atoms with Crippen LogP contribution in [0.4, 0.5) is 4.39 Å². The molecule has 1 aromatic heterocycles. The van der Waals surface area contributed by atoms with Crippen LogP contribution >= 0.6 is 11.6 Å². The van der Waals surface area contributed by atoms with Crippen molar-refractivity contribution in [3.05, 3.63) is 59.8 Å². The molecule has 2 aromatic carbocycles. The Labute approximate surface area is 173 Å². The number of rotatable bonds is 4. The van der Waals surface area contributed by atoms with Gasteiger partial charge in [0.1, 0.15) is 6.33 Å². The van der Waals surface area contributed by atoms with E-state index in [1.54, 1.807) is 22.8 Å². The molecule has 1 N–H and O–H groups in total. The summed E-state index contributed by atoms with van der Waals surface area (Å²) in [6.45, 7) is 0. The summed E-state index contributed by atoms with van der Waals surface area (Å²) in [5.74, 6) is -0.374. The number of aromatic nitrogens is 2. The van der Waals surface area contributed by atoms with E-state index in [-0.39, 0.29) is 45.4 Å². The first-order chi connectivity index (χ1) is 11.5. The molecule has 0 saturated heterocycles. The minimum absolute atomic E-state index is 0. The Bertz CT molecular complexity index is 918. The summed E-state index contributed by atoms with van der Waals surface area (Å²) in [7, 11) is 1.38. The van der Waals surface area contributed by atoms with Crippen molar-refractivity contribution in [3.63, 3.8) is 0 Å². The Hall–Kier alpha value is -1.22. The molecule has 0 amide bonds. The SMILES string of the molecule is COc1cc(-c2c(Cl)ncn2-c2ccc(S(=O)O)cc2)ccc1F.[NaH]. The molecule has 0 aliphatic heterocycles. The summed E-state index contributed by atoms with van der Waals surface area (Å²) in [5.41, 5.74) is 1.89. The summed E-state index contributed by atoms with van der Waals surface area (Å²) in [4.78, 5) is 4.38. The van der Waals surface area contributed by atoms with E-state index in [2.05, 4.69) is 4.98 Å². The third-order valence-electron chi connectivity index (χ3n) is 3.46. The molecule has 0 saturated carbocycles. The summed E-state index contributed by atoms with van der Waals surface area (Å²) in [6, 6.07) is 10.8. The van der Waals surface area contributed by atoms with Gasteiger partial charge in [-0.05, 0) is 42.5 Å². The molecule has 0 bridgehead atoms. The predicted octanol–water partition coefficient (Wildman–Crippen LogP) is 3.27. The average molecular weight is 391 g/mol. The molecule has 1 unspecified atom stereocenters. The van der Waals surface area contributed by atoms with Gasteiger partial charge in [-0.15, -0.1) is 0 Å². The maximum atomic E-state index is 13.6. The second-order valence-corrected chi connectivity index (χ2v) is 6.17. The van der Waals surface area contributed by atoms with Crippen molar-refractivity contribution in [2.45, 2.75) is 4.90 Å². The van der Waals surface area contributed by atoms with Crippen LogP contribution in [0.1, 0.15) is 0 Å². The first kappa shape index (κ1) is 20.1. The molecule has 3 aromatic rings. The molecule has 126 valence electrons. The monoisotopic (exact) mass is 390 g/mol. The summed E-state index contributed by atoms with van der Waals surface area (Å²) in [6.07, 6.45) is 1.53. The zero-order valence-corrected chi connectivity index (χ0v) is 14.0. The van der Waals surface area contributed by atoms with E-state index in [4.69, 9.17) is 20.9 Å². The fraction of sp³-hybridized carbons (Fsp3) is 0.0625. The summed E-state index contributed by atoms with van der Waals surface area (Å²) >= 11 is 4.15. The molecule has 1 heterocycles. The Morgan fingerprint density at radius 2 is 1.92 bits per heavy atom. The standard InChI is InChI=1S/C16H12ClFN2O3S.Na.H/c1-23-14-8-10(2-7-13(14)18)15-16(17)19-9-20(15)11-3-5-12(6-4-11)24(21)22;;/h2-9H,1H3,(H,21,22);;. The fourth-order valence-corrected chi connectivity index (χ4v) is 2.92. The van der Waals surface area contributed by atoms with Crippen LogP contribution in [-0.2, 0) is 11.1 Å². The Morgan fingerprint density at radius 3 is 2.52 bits per heavy atom. The topological polar surface area (TPSA) is 64.4 Å². The predicted molar refractivity (Wildman–Crippen MR) is 96.7 cm³/mol. The van der Waals surface area contributed by atoms with Gasteiger partial charge in [0, 0.05) is 11.3 Å². The quantitative estimate of drug-likeness (QED) is 0.548. The first-order valence-electron chi connectivity index (χ1n) is 6.79. The maximum absolute atomic E-state index is 13.6. The van der Waals surface area contributed by atoms with E-state index in [0.717, 1.165) is 0 Å². The second kappa shape index (κ2) is 8.44. The Morgan fingerprint density at radius 1 is 1.24 bits per heavy atom. The van der Waals surface area contributed by atoms with Crippen LogP contribution in [0.3, 0.4) is 0 Å². The van der Waals surface area contributed by atoms with Crippen molar-refractivity contribution in [1.82, 2.24) is 9.55 Å². The van der Waals surface area contributed by atoms with Crippen molar-refractivity contribution in [3.8, 4) is 22.7 Å². The third-order valence-corrected chi connectivity index (χ3v) is 4.42. The molecule has 25 heavy (non-hydrogen) atoms. The van der Waals surface area contributed by atoms with Crippen molar-refractivity contribution in [2.75, 3.05) is 7.11 Å². The van der Waals surface area contributed by atoms with Crippen molar-refractivity contribution >= 4 is 52.2 Å². The number of imidazole rings is 1. The van der Waals surface area contributed by atoms with Gasteiger partial charge in [0.15, 0.2) is 27.8 Å². The Balaban J connectivity index is 0.00000225. The van der Waals surface area contributed by atoms with Gasteiger partial charge in [0.2, 0.25) is 0 Å². The second-order valence-electron chi connectivity index (χ2n) is 4.85. The fourth-order valence-electron chi connectivity index (χ4n) is 2.31. The number of methoxy groups -OCH3 is 1. The van der Waals surface area contributed by atoms with Gasteiger partial charge in [-0.3, -0.25) is 4.57 Å². The first-order valence-corrected chi connectivity index (χ1v) is 8.28. The number of hydrogen-bond acceptors (Lipinski definition) is 3. The Kier molecular flexibility index (Phi) is 6.79. The van der Waals surface area contributed by atoms with Crippen LogP contribution in [0.5, 0.6) is 5.75 Å². The molecular formula is C16H13ClFN2NaO3S. The molecule has 0 fully saturated rings. The molecule has 0 radical (unpaired) electrons. The molecule has 5 nitrogen and oxygen atoms in total. The van der Waals surface area contributed by atoms with Gasteiger partial charge in [-0.25, -0.2) is 13.6 Å². The number of hydrogen-bond donors (Lipinski definition) is 1. The van der Waals surface area contributed by atoms with Gasteiger partial charge in [0.05, 0.1) is 17.7 Å². The van der Waals surface area contributed by atoms with E-state index in [1.807, 2.05) is 0 Å². The summed E-state index contributed by atoms with van der Waals surface area (Å²) < 4.78 is 40.5. The average Bonchev–Trinajstić information content (AvgIpc) is 2.97. The number of ether oxygens (including phenoxy) is 1. The van der Waals surface area contributed by atoms with Gasteiger partial charge < -0.3 is 9.29 Å². The van der Waals surface area contributed by atoms with E-state index in [9.17, 15) is 8.60 Å². The van der Waals surface area contributed by atoms with Crippen LogP contribution in [-0.4, -0.2) is 55.0 Å². The number of benzene rings is 2. The molecular weight excluding hydrogens is 378 g/mol. The number of nitrogens with zero attached hydrogens (tertiary/aromatic N) is 2. The molecule has 0 spiro atoms. The van der Waals surface area contributed by atoms with E-state index in [0.29, 0.717) is 16.9 Å². The van der Waals surface area contributed by atoms with Crippen molar-refractivity contribution in [2.24, 2.45) is 0 Å². The van der Waals surface area contributed by atoms with Crippen LogP contribution in [0.15, 0.2) is 53.7 Å². The van der Waals surface area contributed by atoms with Crippen molar-refractivity contribution < 1.29 is 17.9 Å². The third kappa shape index (κ3) is 4.13. The molecule has 1 atom stereocenters. The van der Waals surface area contributed by atoms with Crippen LogP contribution < -0.4 is 4.74 Å². The van der Waals surface area contributed by atoms with Crippen LogP contribution in [0.25, 0.3) is 16.9 Å². The minimum atomic E-state index is -2.05. The zero-order valence-electron chi connectivity index (χ0n) is 12.4. The van der Waals surface area contributed by atoms with Gasteiger partial charge >= 0.3 is 29.6 Å².